The first-order valence-corrected chi connectivity index (χ1v) is 4.27. The predicted molar refractivity (Wildman–Crippen MR) is 59.2 cm³/mol. The fraction of sp³-hybridized carbons (Fsp3) is 0.300. The summed E-state index contributed by atoms with van der Waals surface area (Å²) < 4.78 is 0. The van der Waals surface area contributed by atoms with Crippen LogP contribution in [0.4, 0.5) is 0 Å². The van der Waals surface area contributed by atoms with Gasteiger partial charge in [0, 0.05) is 6.54 Å². The van der Waals surface area contributed by atoms with E-state index in [-0.39, 0.29) is 18.3 Å². The second-order valence-corrected chi connectivity index (χ2v) is 2.99. The number of benzene rings is 1. The SMILES string of the molecule is CC(N)C(=O)NCc1ccccc1.Cl. The normalized spacial score (nSPS) is 11.3. The lowest BCUT2D eigenvalue weighted by Crippen LogP contribution is -2.37. The first kappa shape index (κ1) is 12.9. The minimum Gasteiger partial charge on any atom is -0.351 e. The van der Waals surface area contributed by atoms with Crippen LogP contribution in [0.3, 0.4) is 0 Å². The smallest absolute Gasteiger partial charge is 0.236 e. The summed E-state index contributed by atoms with van der Waals surface area (Å²) in [6.07, 6.45) is 0. The van der Waals surface area contributed by atoms with Crippen molar-refractivity contribution in [1.29, 1.82) is 0 Å². The maximum atomic E-state index is 11.1. The Labute approximate surface area is 90.1 Å². The fourth-order valence-corrected chi connectivity index (χ4v) is 0.946. The van der Waals surface area contributed by atoms with Crippen LogP contribution in [0.25, 0.3) is 0 Å². The summed E-state index contributed by atoms with van der Waals surface area (Å²) in [5.41, 5.74) is 6.47. The van der Waals surface area contributed by atoms with Crippen molar-refractivity contribution in [2.24, 2.45) is 5.73 Å². The van der Waals surface area contributed by atoms with E-state index in [1.165, 1.54) is 0 Å². The van der Waals surface area contributed by atoms with Crippen molar-refractivity contribution in [3.8, 4) is 0 Å². The van der Waals surface area contributed by atoms with Gasteiger partial charge in [0.25, 0.3) is 0 Å². The monoisotopic (exact) mass is 214 g/mol. The molecule has 1 aromatic carbocycles. The van der Waals surface area contributed by atoms with Gasteiger partial charge < -0.3 is 11.1 Å². The second-order valence-electron chi connectivity index (χ2n) is 2.99. The molecule has 4 heteroatoms. The molecule has 3 nitrogen and oxygen atoms in total. The lowest BCUT2D eigenvalue weighted by Gasteiger charge is -2.06. The van der Waals surface area contributed by atoms with Crippen LogP contribution in [0.5, 0.6) is 0 Å². The summed E-state index contributed by atoms with van der Waals surface area (Å²) in [5.74, 6) is -0.121. The highest BCUT2D eigenvalue weighted by molar-refractivity contribution is 5.85. The molecule has 0 saturated heterocycles. The molecule has 0 aliphatic rings. The maximum absolute atomic E-state index is 11.1. The van der Waals surface area contributed by atoms with Gasteiger partial charge in [-0.05, 0) is 12.5 Å². The van der Waals surface area contributed by atoms with Gasteiger partial charge in [-0.3, -0.25) is 4.79 Å². The van der Waals surface area contributed by atoms with E-state index >= 15 is 0 Å². The van der Waals surface area contributed by atoms with Crippen LogP contribution in [0.1, 0.15) is 12.5 Å². The van der Waals surface area contributed by atoms with E-state index in [1.54, 1.807) is 6.92 Å². The molecule has 1 amide bonds. The van der Waals surface area contributed by atoms with E-state index in [1.807, 2.05) is 30.3 Å². The molecular weight excluding hydrogens is 200 g/mol. The average Bonchev–Trinajstić information content (AvgIpc) is 2.15. The number of halogens is 1. The highest BCUT2D eigenvalue weighted by Crippen LogP contribution is 1.96. The van der Waals surface area contributed by atoms with Crippen LogP contribution in [-0.2, 0) is 11.3 Å². The summed E-state index contributed by atoms with van der Waals surface area (Å²) in [6, 6.07) is 9.30. The molecule has 1 atom stereocenters. The summed E-state index contributed by atoms with van der Waals surface area (Å²) >= 11 is 0. The van der Waals surface area contributed by atoms with Crippen LogP contribution in [0.15, 0.2) is 30.3 Å². The Hall–Kier alpha value is -1.06. The van der Waals surface area contributed by atoms with Gasteiger partial charge in [0.15, 0.2) is 0 Å². The molecule has 1 aromatic rings. The number of carbonyl (C=O) groups excluding carboxylic acids is 1. The highest BCUT2D eigenvalue weighted by Gasteiger charge is 2.05. The zero-order valence-corrected chi connectivity index (χ0v) is 8.88. The molecule has 0 aromatic heterocycles. The number of nitrogens with one attached hydrogen (secondary N) is 1. The Morgan fingerprint density at radius 2 is 2.00 bits per heavy atom. The van der Waals surface area contributed by atoms with Crippen LogP contribution >= 0.6 is 12.4 Å². The van der Waals surface area contributed by atoms with Gasteiger partial charge in [0.05, 0.1) is 6.04 Å². The number of amides is 1. The number of carbonyl (C=O) groups is 1. The number of rotatable bonds is 3. The molecule has 0 saturated carbocycles. The first-order valence-electron chi connectivity index (χ1n) is 4.27. The standard InChI is InChI=1S/C10H14N2O.ClH/c1-8(11)10(13)12-7-9-5-3-2-4-6-9;/h2-6,8H,7,11H2,1H3,(H,12,13);1H. The summed E-state index contributed by atoms with van der Waals surface area (Å²) in [6.45, 7) is 2.21. The highest BCUT2D eigenvalue weighted by atomic mass is 35.5. The van der Waals surface area contributed by atoms with Crippen molar-refractivity contribution in [2.75, 3.05) is 0 Å². The first-order chi connectivity index (χ1) is 6.20. The van der Waals surface area contributed by atoms with Crippen LogP contribution in [-0.4, -0.2) is 11.9 Å². The van der Waals surface area contributed by atoms with E-state index in [2.05, 4.69) is 5.32 Å². The molecule has 0 aliphatic carbocycles. The van der Waals surface area contributed by atoms with Crippen molar-refractivity contribution in [3.63, 3.8) is 0 Å². The summed E-state index contributed by atoms with van der Waals surface area (Å²) in [5, 5.41) is 2.73. The molecule has 3 N–H and O–H groups in total. The van der Waals surface area contributed by atoms with E-state index < -0.39 is 6.04 Å². The third kappa shape index (κ3) is 4.25. The third-order valence-electron chi connectivity index (χ3n) is 1.72. The van der Waals surface area contributed by atoms with Gasteiger partial charge >= 0.3 is 0 Å². The van der Waals surface area contributed by atoms with Crippen molar-refractivity contribution >= 4 is 18.3 Å². The van der Waals surface area contributed by atoms with E-state index in [9.17, 15) is 4.79 Å². The molecule has 14 heavy (non-hydrogen) atoms. The number of hydrogen-bond acceptors (Lipinski definition) is 2. The zero-order chi connectivity index (χ0) is 9.68. The molecule has 0 heterocycles. The molecule has 78 valence electrons. The Kier molecular flexibility index (Phi) is 5.92. The fourth-order valence-electron chi connectivity index (χ4n) is 0.946. The van der Waals surface area contributed by atoms with Crippen molar-refractivity contribution in [2.45, 2.75) is 19.5 Å². The van der Waals surface area contributed by atoms with Gasteiger partial charge in [0.2, 0.25) is 5.91 Å². The van der Waals surface area contributed by atoms with E-state index in [4.69, 9.17) is 5.73 Å². The molecule has 0 bridgehead atoms. The van der Waals surface area contributed by atoms with Crippen molar-refractivity contribution in [1.82, 2.24) is 5.32 Å². The van der Waals surface area contributed by atoms with Gasteiger partial charge in [-0.2, -0.15) is 0 Å². The molecule has 1 rings (SSSR count). The third-order valence-corrected chi connectivity index (χ3v) is 1.72. The molecular formula is C10H15ClN2O. The summed E-state index contributed by atoms with van der Waals surface area (Å²) in [4.78, 5) is 11.1. The zero-order valence-electron chi connectivity index (χ0n) is 8.07. The Balaban J connectivity index is 0.00000169. The maximum Gasteiger partial charge on any atom is 0.236 e. The van der Waals surface area contributed by atoms with E-state index in [0.29, 0.717) is 6.54 Å². The van der Waals surface area contributed by atoms with Gasteiger partial charge in [0.1, 0.15) is 0 Å². The molecule has 0 spiro atoms. The largest absolute Gasteiger partial charge is 0.351 e. The van der Waals surface area contributed by atoms with Crippen molar-refractivity contribution in [3.05, 3.63) is 35.9 Å². The average molecular weight is 215 g/mol. The number of nitrogens with two attached hydrogens (primary N) is 1. The summed E-state index contributed by atoms with van der Waals surface area (Å²) in [7, 11) is 0. The van der Waals surface area contributed by atoms with Gasteiger partial charge in [-0.1, -0.05) is 30.3 Å². The van der Waals surface area contributed by atoms with Crippen LogP contribution < -0.4 is 11.1 Å². The van der Waals surface area contributed by atoms with Gasteiger partial charge in [-0.25, -0.2) is 0 Å². The molecule has 0 radical (unpaired) electrons. The Morgan fingerprint density at radius 3 is 2.50 bits per heavy atom. The quantitative estimate of drug-likeness (QED) is 0.791. The molecule has 0 aliphatic heterocycles. The lowest BCUT2D eigenvalue weighted by atomic mass is 10.2. The van der Waals surface area contributed by atoms with Crippen LogP contribution in [0.2, 0.25) is 0 Å². The minimum atomic E-state index is -0.441. The number of hydrogen-bond donors (Lipinski definition) is 2. The van der Waals surface area contributed by atoms with Crippen molar-refractivity contribution < 1.29 is 4.79 Å². The molecule has 0 fully saturated rings. The Morgan fingerprint density at radius 1 is 1.43 bits per heavy atom. The topological polar surface area (TPSA) is 55.1 Å². The minimum absolute atomic E-state index is 0. The second kappa shape index (κ2) is 6.40. The predicted octanol–water partition coefficient (Wildman–Crippen LogP) is 1.07. The van der Waals surface area contributed by atoms with Crippen LogP contribution in [0, 0.1) is 0 Å². The Bertz CT molecular complexity index is 275. The van der Waals surface area contributed by atoms with Gasteiger partial charge in [-0.15, -0.1) is 12.4 Å². The lowest BCUT2D eigenvalue weighted by molar-refractivity contribution is -0.122. The molecule has 1 unspecified atom stereocenters. The van der Waals surface area contributed by atoms with E-state index in [0.717, 1.165) is 5.56 Å².